The Kier molecular flexibility index (Phi) is 5.55. The molecular weight excluding hydrogens is 406 g/mol. The van der Waals surface area contributed by atoms with Crippen molar-refractivity contribution in [2.75, 3.05) is 5.75 Å². The highest BCUT2D eigenvalue weighted by molar-refractivity contribution is 7.99. The third-order valence-corrected chi connectivity index (χ3v) is 6.34. The molecule has 0 radical (unpaired) electrons. The van der Waals surface area contributed by atoms with Gasteiger partial charge in [0.1, 0.15) is 10.6 Å². The van der Waals surface area contributed by atoms with E-state index in [1.807, 2.05) is 50.2 Å². The van der Waals surface area contributed by atoms with Crippen LogP contribution < -0.4 is 10.9 Å². The number of aromatic nitrogens is 2. The molecule has 0 saturated heterocycles. The molecule has 1 atom stereocenters. The monoisotopic (exact) mass is 425 g/mol. The summed E-state index contributed by atoms with van der Waals surface area (Å²) < 4.78 is 5.29. The highest BCUT2D eigenvalue weighted by atomic mass is 32.2. The van der Waals surface area contributed by atoms with E-state index in [4.69, 9.17) is 4.42 Å². The van der Waals surface area contributed by atoms with Crippen molar-refractivity contribution < 1.29 is 9.21 Å². The molecule has 0 aliphatic heterocycles. The Balaban J connectivity index is 1.52. The molecule has 1 amide bonds. The van der Waals surface area contributed by atoms with E-state index in [2.05, 4.69) is 15.3 Å². The number of amides is 1. The zero-order valence-electron chi connectivity index (χ0n) is 15.9. The number of carbonyl (C=O) groups excluding carboxylic acids is 1. The molecule has 3 heterocycles. The molecule has 4 aromatic rings. The number of fused-ring (bicyclic) bond motifs is 1. The van der Waals surface area contributed by atoms with E-state index in [0.29, 0.717) is 21.1 Å². The van der Waals surface area contributed by atoms with Crippen LogP contribution in [0.2, 0.25) is 0 Å². The van der Waals surface area contributed by atoms with Crippen LogP contribution in [0.4, 0.5) is 0 Å². The van der Waals surface area contributed by atoms with Gasteiger partial charge in [0.2, 0.25) is 5.91 Å². The minimum absolute atomic E-state index is 0.148. The van der Waals surface area contributed by atoms with Crippen LogP contribution in [0, 0.1) is 6.92 Å². The summed E-state index contributed by atoms with van der Waals surface area (Å²) in [5, 5.41) is 3.90. The SMILES string of the molecule is Cc1sc2nc(SCC(=O)N[C@@H](C)c3ccco3)[nH]c(=O)c2c1-c1ccccc1. The lowest BCUT2D eigenvalue weighted by atomic mass is 10.0. The average Bonchev–Trinajstić information content (AvgIpc) is 3.35. The van der Waals surface area contributed by atoms with Gasteiger partial charge in [-0.1, -0.05) is 42.1 Å². The molecular formula is C21H19N3O3S2. The Labute approximate surface area is 175 Å². The zero-order valence-corrected chi connectivity index (χ0v) is 17.5. The molecule has 6 nitrogen and oxygen atoms in total. The highest BCUT2D eigenvalue weighted by Gasteiger charge is 2.17. The van der Waals surface area contributed by atoms with Gasteiger partial charge in [-0.2, -0.15) is 0 Å². The van der Waals surface area contributed by atoms with Crippen molar-refractivity contribution in [3.63, 3.8) is 0 Å². The van der Waals surface area contributed by atoms with Gasteiger partial charge in [0, 0.05) is 10.4 Å². The first-order valence-electron chi connectivity index (χ1n) is 9.07. The third kappa shape index (κ3) is 4.13. The smallest absolute Gasteiger partial charge is 0.260 e. The van der Waals surface area contributed by atoms with Crippen molar-refractivity contribution in [1.29, 1.82) is 0 Å². The second kappa shape index (κ2) is 8.26. The minimum Gasteiger partial charge on any atom is -0.467 e. The Morgan fingerprint density at radius 2 is 2.07 bits per heavy atom. The maximum absolute atomic E-state index is 12.8. The number of aromatic amines is 1. The number of benzene rings is 1. The Bertz CT molecular complexity index is 1200. The van der Waals surface area contributed by atoms with Crippen LogP contribution in [-0.4, -0.2) is 21.6 Å². The van der Waals surface area contributed by atoms with Crippen LogP contribution in [0.3, 0.4) is 0 Å². The number of H-pyrrole nitrogens is 1. The highest BCUT2D eigenvalue weighted by Crippen LogP contribution is 2.35. The van der Waals surface area contributed by atoms with E-state index in [1.165, 1.54) is 23.1 Å². The fraction of sp³-hybridized carbons (Fsp3) is 0.190. The zero-order chi connectivity index (χ0) is 20.4. The molecule has 148 valence electrons. The lowest BCUT2D eigenvalue weighted by molar-refractivity contribution is -0.119. The summed E-state index contributed by atoms with van der Waals surface area (Å²) in [5.74, 6) is 0.683. The van der Waals surface area contributed by atoms with Gasteiger partial charge in [-0.15, -0.1) is 11.3 Å². The fourth-order valence-corrected chi connectivity index (χ4v) is 4.92. The summed E-state index contributed by atoms with van der Waals surface area (Å²) in [6.07, 6.45) is 1.57. The third-order valence-electron chi connectivity index (χ3n) is 4.47. The first-order chi connectivity index (χ1) is 14.0. The van der Waals surface area contributed by atoms with Gasteiger partial charge in [0.25, 0.3) is 5.56 Å². The minimum atomic E-state index is -0.221. The van der Waals surface area contributed by atoms with E-state index in [-0.39, 0.29) is 23.3 Å². The number of nitrogens with one attached hydrogen (secondary N) is 2. The molecule has 29 heavy (non-hydrogen) atoms. The van der Waals surface area contributed by atoms with E-state index in [9.17, 15) is 9.59 Å². The molecule has 3 aromatic heterocycles. The summed E-state index contributed by atoms with van der Waals surface area (Å²) in [6.45, 7) is 3.84. The molecule has 0 fully saturated rings. The van der Waals surface area contributed by atoms with Gasteiger partial charge in [-0.25, -0.2) is 4.98 Å². The molecule has 0 aliphatic carbocycles. The van der Waals surface area contributed by atoms with Crippen LogP contribution in [0.25, 0.3) is 21.3 Å². The Morgan fingerprint density at radius 1 is 1.28 bits per heavy atom. The lowest BCUT2D eigenvalue weighted by Gasteiger charge is -2.10. The van der Waals surface area contributed by atoms with Crippen LogP contribution in [-0.2, 0) is 4.79 Å². The molecule has 4 rings (SSSR count). The number of rotatable bonds is 6. The molecule has 0 unspecified atom stereocenters. The predicted molar refractivity (Wildman–Crippen MR) is 116 cm³/mol. The second-order valence-corrected chi connectivity index (χ2v) is 8.71. The van der Waals surface area contributed by atoms with Crippen LogP contribution in [0.5, 0.6) is 0 Å². The van der Waals surface area contributed by atoms with Crippen LogP contribution in [0.1, 0.15) is 23.6 Å². The molecule has 0 spiro atoms. The Morgan fingerprint density at radius 3 is 2.79 bits per heavy atom. The van der Waals surface area contributed by atoms with E-state index in [1.54, 1.807) is 12.3 Å². The normalized spacial score (nSPS) is 12.2. The van der Waals surface area contributed by atoms with Gasteiger partial charge < -0.3 is 14.7 Å². The quantitative estimate of drug-likeness (QED) is 0.350. The number of carbonyl (C=O) groups is 1. The van der Waals surface area contributed by atoms with E-state index >= 15 is 0 Å². The lowest BCUT2D eigenvalue weighted by Crippen LogP contribution is -2.28. The molecule has 8 heteroatoms. The predicted octanol–water partition coefficient (Wildman–Crippen LogP) is 4.52. The van der Waals surface area contributed by atoms with Crippen LogP contribution >= 0.6 is 23.1 Å². The van der Waals surface area contributed by atoms with Crippen LogP contribution in [0.15, 0.2) is 63.1 Å². The molecule has 2 N–H and O–H groups in total. The van der Waals surface area contributed by atoms with Crippen molar-refractivity contribution in [2.45, 2.75) is 25.0 Å². The topological polar surface area (TPSA) is 88.0 Å². The van der Waals surface area contributed by atoms with Crippen molar-refractivity contribution >= 4 is 39.2 Å². The van der Waals surface area contributed by atoms with Gasteiger partial charge in [0.05, 0.1) is 23.4 Å². The first kappa shape index (κ1) is 19.5. The summed E-state index contributed by atoms with van der Waals surface area (Å²) >= 11 is 2.69. The first-order valence-corrected chi connectivity index (χ1v) is 10.9. The molecule has 1 aromatic carbocycles. The second-order valence-electron chi connectivity index (χ2n) is 6.54. The largest absolute Gasteiger partial charge is 0.467 e. The summed E-state index contributed by atoms with van der Waals surface area (Å²) in [6, 6.07) is 13.2. The van der Waals surface area contributed by atoms with Crippen molar-refractivity contribution in [3.8, 4) is 11.1 Å². The number of furan rings is 1. The maximum Gasteiger partial charge on any atom is 0.260 e. The number of hydrogen-bond acceptors (Lipinski definition) is 6. The number of nitrogens with zero attached hydrogens (tertiary/aromatic N) is 1. The Hall–Kier alpha value is -2.84. The van der Waals surface area contributed by atoms with E-state index < -0.39 is 0 Å². The number of aryl methyl sites for hydroxylation is 1. The molecule has 0 aliphatic rings. The standard InChI is InChI=1S/C21H19N3O3S2/c1-12(15-9-6-10-27-15)22-16(25)11-28-21-23-19(26)18-17(13(2)29-20(18)24-21)14-7-4-3-5-8-14/h3-10,12H,11H2,1-2H3,(H,22,25)(H,23,24,26)/t12-/m0/s1. The fourth-order valence-electron chi connectivity index (χ4n) is 3.15. The van der Waals surface area contributed by atoms with Crippen molar-refractivity contribution in [3.05, 3.63) is 69.7 Å². The average molecular weight is 426 g/mol. The maximum atomic E-state index is 12.8. The number of thiophene rings is 1. The number of thioether (sulfide) groups is 1. The molecule has 0 saturated carbocycles. The van der Waals surface area contributed by atoms with E-state index in [0.717, 1.165) is 16.0 Å². The molecule has 0 bridgehead atoms. The summed E-state index contributed by atoms with van der Waals surface area (Å²) in [7, 11) is 0. The van der Waals surface area contributed by atoms with Gasteiger partial charge in [-0.05, 0) is 31.5 Å². The van der Waals surface area contributed by atoms with Gasteiger partial charge in [-0.3, -0.25) is 9.59 Å². The number of hydrogen-bond donors (Lipinski definition) is 2. The van der Waals surface area contributed by atoms with Gasteiger partial charge >= 0.3 is 0 Å². The summed E-state index contributed by atoms with van der Waals surface area (Å²) in [4.78, 5) is 34.1. The van der Waals surface area contributed by atoms with Crippen molar-refractivity contribution in [2.24, 2.45) is 0 Å². The van der Waals surface area contributed by atoms with Crippen molar-refractivity contribution in [1.82, 2.24) is 15.3 Å². The summed E-state index contributed by atoms with van der Waals surface area (Å²) in [5.41, 5.74) is 1.72. The van der Waals surface area contributed by atoms with Gasteiger partial charge in [0.15, 0.2) is 5.16 Å².